The first-order valence-electron chi connectivity index (χ1n) is 7.44. The number of hydrogen-bond donors (Lipinski definition) is 2. The molecule has 0 unspecified atom stereocenters. The van der Waals surface area contributed by atoms with Crippen molar-refractivity contribution in [2.24, 2.45) is 5.92 Å². The van der Waals surface area contributed by atoms with Gasteiger partial charge in [-0.3, -0.25) is 0 Å². The summed E-state index contributed by atoms with van der Waals surface area (Å²) in [6, 6.07) is 0. The number of ether oxygens (including phenoxy) is 1. The molecule has 20 heavy (non-hydrogen) atoms. The number of allylic oxidation sites excluding steroid dienone is 1. The SMILES string of the molecule is C[C@H]1CCC/C=C/[C@@H]2C[C@@H](O)C[C@]2(O)C/C=C\C(=O)O1. The molecule has 0 radical (unpaired) electrons. The molecule has 1 heterocycles. The number of aliphatic hydroxyl groups excluding tert-OH is 1. The predicted octanol–water partition coefficient (Wildman–Crippen LogP) is 2.11. The maximum Gasteiger partial charge on any atom is 0.330 e. The third-order valence-electron chi connectivity index (χ3n) is 4.20. The summed E-state index contributed by atoms with van der Waals surface area (Å²) in [5.74, 6) is -0.403. The van der Waals surface area contributed by atoms with Gasteiger partial charge in [-0.2, -0.15) is 0 Å². The predicted molar refractivity (Wildman–Crippen MR) is 76.0 cm³/mol. The van der Waals surface area contributed by atoms with E-state index in [0.29, 0.717) is 19.3 Å². The number of fused-ring (bicyclic) bond motifs is 1. The van der Waals surface area contributed by atoms with Crippen molar-refractivity contribution in [3.8, 4) is 0 Å². The van der Waals surface area contributed by atoms with Crippen LogP contribution in [0.5, 0.6) is 0 Å². The van der Waals surface area contributed by atoms with Crippen molar-refractivity contribution in [2.45, 2.75) is 63.3 Å². The number of aliphatic hydroxyl groups is 2. The molecule has 4 atom stereocenters. The van der Waals surface area contributed by atoms with Crippen LogP contribution in [-0.4, -0.2) is 34.0 Å². The summed E-state index contributed by atoms with van der Waals surface area (Å²) in [5, 5.41) is 20.4. The lowest BCUT2D eigenvalue weighted by molar-refractivity contribution is -0.142. The minimum atomic E-state index is -0.952. The topological polar surface area (TPSA) is 66.8 Å². The zero-order valence-corrected chi connectivity index (χ0v) is 12.0. The van der Waals surface area contributed by atoms with Crippen molar-refractivity contribution in [1.29, 1.82) is 0 Å². The Labute approximate surface area is 120 Å². The molecule has 0 spiro atoms. The Morgan fingerprint density at radius 1 is 1.40 bits per heavy atom. The molecule has 112 valence electrons. The van der Waals surface area contributed by atoms with Crippen LogP contribution in [0.2, 0.25) is 0 Å². The fourth-order valence-corrected chi connectivity index (χ4v) is 3.09. The zero-order chi connectivity index (χ0) is 14.6. The second-order valence-electron chi connectivity index (χ2n) is 6.02. The van der Waals surface area contributed by atoms with Crippen LogP contribution in [0.3, 0.4) is 0 Å². The van der Waals surface area contributed by atoms with Crippen LogP contribution in [0.25, 0.3) is 0 Å². The van der Waals surface area contributed by atoms with Crippen molar-refractivity contribution in [3.63, 3.8) is 0 Å². The van der Waals surface area contributed by atoms with Gasteiger partial charge in [-0.05, 0) is 39.0 Å². The average Bonchev–Trinajstić information content (AvgIpc) is 2.63. The van der Waals surface area contributed by atoms with Gasteiger partial charge in [-0.25, -0.2) is 4.79 Å². The van der Waals surface area contributed by atoms with Crippen LogP contribution in [0.1, 0.15) is 45.4 Å². The Hall–Kier alpha value is -1.13. The molecule has 1 fully saturated rings. The van der Waals surface area contributed by atoms with E-state index in [1.165, 1.54) is 6.08 Å². The molecule has 2 aliphatic rings. The number of cyclic esters (lactones) is 1. The van der Waals surface area contributed by atoms with Crippen molar-refractivity contribution in [1.82, 2.24) is 0 Å². The van der Waals surface area contributed by atoms with Gasteiger partial charge in [0.05, 0.1) is 17.8 Å². The van der Waals surface area contributed by atoms with Gasteiger partial charge in [0.1, 0.15) is 0 Å². The van der Waals surface area contributed by atoms with Crippen LogP contribution in [0, 0.1) is 5.92 Å². The number of esters is 1. The molecule has 1 aliphatic carbocycles. The third-order valence-corrected chi connectivity index (χ3v) is 4.20. The van der Waals surface area contributed by atoms with E-state index in [0.717, 1.165) is 19.3 Å². The third kappa shape index (κ3) is 3.93. The van der Waals surface area contributed by atoms with E-state index >= 15 is 0 Å². The molecule has 1 aliphatic heterocycles. The number of carbonyl (C=O) groups excluding carboxylic acids is 1. The summed E-state index contributed by atoms with van der Waals surface area (Å²) in [5.41, 5.74) is -0.952. The Morgan fingerprint density at radius 3 is 3.00 bits per heavy atom. The molecule has 1 saturated carbocycles. The lowest BCUT2D eigenvalue weighted by Gasteiger charge is -2.26. The summed E-state index contributed by atoms with van der Waals surface area (Å²) >= 11 is 0. The lowest BCUT2D eigenvalue weighted by atomic mass is 9.87. The van der Waals surface area contributed by atoms with Crippen LogP contribution in [0.4, 0.5) is 0 Å². The first-order chi connectivity index (χ1) is 9.49. The minimum absolute atomic E-state index is 0.0450. The summed E-state index contributed by atoms with van der Waals surface area (Å²) in [7, 11) is 0. The van der Waals surface area contributed by atoms with Gasteiger partial charge in [-0.1, -0.05) is 18.2 Å². The molecular weight excluding hydrogens is 256 g/mol. The van der Waals surface area contributed by atoms with Gasteiger partial charge in [0.15, 0.2) is 0 Å². The van der Waals surface area contributed by atoms with Crippen LogP contribution >= 0.6 is 0 Å². The van der Waals surface area contributed by atoms with Crippen LogP contribution in [-0.2, 0) is 9.53 Å². The van der Waals surface area contributed by atoms with Crippen LogP contribution in [0.15, 0.2) is 24.3 Å². The quantitative estimate of drug-likeness (QED) is 0.527. The Bertz CT molecular complexity index is 401. The normalized spacial score (nSPS) is 42.5. The zero-order valence-electron chi connectivity index (χ0n) is 12.0. The van der Waals surface area contributed by atoms with Crippen LogP contribution < -0.4 is 0 Å². The molecule has 0 amide bonds. The highest BCUT2D eigenvalue weighted by molar-refractivity contribution is 5.82. The van der Waals surface area contributed by atoms with E-state index in [1.807, 2.05) is 13.0 Å². The Balaban J connectivity index is 2.12. The van der Waals surface area contributed by atoms with Crippen molar-refractivity contribution < 1.29 is 19.7 Å². The van der Waals surface area contributed by atoms with E-state index in [1.54, 1.807) is 6.08 Å². The summed E-state index contributed by atoms with van der Waals surface area (Å²) < 4.78 is 5.25. The largest absolute Gasteiger partial charge is 0.460 e. The first-order valence-corrected chi connectivity index (χ1v) is 7.44. The van der Waals surface area contributed by atoms with Gasteiger partial charge < -0.3 is 14.9 Å². The highest BCUT2D eigenvalue weighted by Gasteiger charge is 2.43. The molecule has 0 saturated heterocycles. The molecule has 4 heteroatoms. The number of carbonyl (C=O) groups is 1. The van der Waals surface area contributed by atoms with Crippen molar-refractivity contribution in [2.75, 3.05) is 0 Å². The fraction of sp³-hybridized carbons (Fsp3) is 0.688. The van der Waals surface area contributed by atoms with E-state index in [-0.39, 0.29) is 18.0 Å². The van der Waals surface area contributed by atoms with Crippen molar-refractivity contribution >= 4 is 5.97 Å². The highest BCUT2D eigenvalue weighted by atomic mass is 16.5. The van der Waals surface area contributed by atoms with Gasteiger partial charge in [0.25, 0.3) is 0 Å². The summed E-state index contributed by atoms with van der Waals surface area (Å²) in [6.45, 7) is 1.90. The molecule has 2 N–H and O–H groups in total. The first kappa shape index (κ1) is 15.3. The molecule has 0 aromatic heterocycles. The van der Waals surface area contributed by atoms with E-state index in [4.69, 9.17) is 4.74 Å². The monoisotopic (exact) mass is 280 g/mol. The van der Waals surface area contributed by atoms with Gasteiger partial charge >= 0.3 is 5.97 Å². The summed E-state index contributed by atoms with van der Waals surface area (Å²) in [4.78, 5) is 11.6. The minimum Gasteiger partial charge on any atom is -0.460 e. The molecule has 2 rings (SSSR count). The molecular formula is C16H24O4. The number of rotatable bonds is 0. The lowest BCUT2D eigenvalue weighted by Crippen LogP contribution is -2.31. The average molecular weight is 280 g/mol. The standard InChI is InChI=1S/C16H24O4/c1-12-6-3-2-4-7-13-10-14(17)11-16(13,19)9-5-8-15(18)20-12/h4-5,7-8,12-14,17,19H,2-3,6,9-11H2,1H3/b7-4+,8-5-/t12-,13+,14+,16+/m0/s1. The smallest absolute Gasteiger partial charge is 0.330 e. The second-order valence-corrected chi connectivity index (χ2v) is 6.02. The van der Waals surface area contributed by atoms with E-state index in [2.05, 4.69) is 6.08 Å². The number of hydrogen-bond acceptors (Lipinski definition) is 4. The molecule has 0 aromatic carbocycles. The maximum atomic E-state index is 11.6. The van der Waals surface area contributed by atoms with Gasteiger partial charge in [-0.15, -0.1) is 0 Å². The Kier molecular flexibility index (Phi) is 5.00. The van der Waals surface area contributed by atoms with Gasteiger partial charge in [0, 0.05) is 18.4 Å². The second kappa shape index (κ2) is 6.55. The Morgan fingerprint density at radius 2 is 2.20 bits per heavy atom. The van der Waals surface area contributed by atoms with E-state index < -0.39 is 11.7 Å². The summed E-state index contributed by atoms with van der Waals surface area (Å²) in [6.07, 6.45) is 10.6. The maximum absolute atomic E-state index is 11.6. The van der Waals surface area contributed by atoms with Gasteiger partial charge in [0.2, 0.25) is 0 Å². The molecule has 0 aromatic rings. The molecule has 4 nitrogen and oxygen atoms in total. The highest BCUT2D eigenvalue weighted by Crippen LogP contribution is 2.39. The molecule has 0 bridgehead atoms. The van der Waals surface area contributed by atoms with E-state index in [9.17, 15) is 15.0 Å². The van der Waals surface area contributed by atoms with Crippen molar-refractivity contribution in [3.05, 3.63) is 24.3 Å². The fourth-order valence-electron chi connectivity index (χ4n) is 3.09.